The lowest BCUT2D eigenvalue weighted by Gasteiger charge is -2.05. The van der Waals surface area contributed by atoms with Gasteiger partial charge in [0.2, 0.25) is 0 Å². The Morgan fingerprint density at radius 2 is 0.889 bits per heavy atom. The smallest absolute Gasteiger partial charge is 0.0414 e. The fourth-order valence-electron chi connectivity index (χ4n) is 1.54. The molecule has 0 amide bonds. The molecule has 0 saturated heterocycles. The van der Waals surface area contributed by atoms with Gasteiger partial charge in [-0.15, -0.1) is 23.3 Å². The maximum absolute atomic E-state index is 7.19. The van der Waals surface area contributed by atoms with E-state index in [4.69, 9.17) is 12.8 Å². The third-order valence-electron chi connectivity index (χ3n) is 2.46. The van der Waals surface area contributed by atoms with E-state index in [1.54, 1.807) is 12.1 Å². The molecular weight excluding hydrogens is 216 g/mol. The molecule has 82 valence electrons. The van der Waals surface area contributed by atoms with Crippen LogP contribution in [0.2, 0.25) is 0 Å². The number of benzene rings is 2. The molecule has 0 unspecified atom stereocenters. The average molecular weight is 224 g/mol. The van der Waals surface area contributed by atoms with Gasteiger partial charge in [-0.25, -0.2) is 0 Å². The summed E-state index contributed by atoms with van der Waals surface area (Å²) in [6, 6.07) is 14.7. The van der Waals surface area contributed by atoms with Crippen LogP contribution in [0.3, 0.4) is 0 Å². The number of rotatable bonds is 0. The molecule has 0 bridgehead atoms. The van der Waals surface area contributed by atoms with Crippen molar-refractivity contribution in [3.8, 4) is 23.7 Å². The van der Waals surface area contributed by atoms with Crippen molar-refractivity contribution in [1.29, 1.82) is 0 Å². The first-order valence-electron chi connectivity index (χ1n) is 5.40. The molecule has 0 spiro atoms. The van der Waals surface area contributed by atoms with E-state index in [-0.39, 0.29) is 0 Å². The van der Waals surface area contributed by atoms with Gasteiger partial charge in [0.1, 0.15) is 0 Å². The molecule has 18 heavy (non-hydrogen) atoms. The summed E-state index contributed by atoms with van der Waals surface area (Å²) in [7, 11) is 0. The molecule has 2 rings (SSSR count). The maximum atomic E-state index is 7.19. The Kier molecular flexibility index (Phi) is 3.51. The lowest BCUT2D eigenvalue weighted by Crippen LogP contribution is -1.84. The van der Waals surface area contributed by atoms with Gasteiger partial charge in [-0.1, -0.05) is 48.2 Å². The highest BCUT2D eigenvalue weighted by Crippen LogP contribution is 2.08. The molecule has 0 radical (unpaired) electrons. The van der Waals surface area contributed by atoms with E-state index in [0.717, 1.165) is 11.1 Å². The highest BCUT2D eigenvalue weighted by Gasteiger charge is 1.87. The summed E-state index contributed by atoms with van der Waals surface area (Å²) < 4.78 is 0. The van der Waals surface area contributed by atoms with Crippen molar-refractivity contribution in [1.82, 2.24) is 0 Å². The van der Waals surface area contributed by atoms with E-state index in [9.17, 15) is 0 Å². The molecule has 0 heteroatoms. The molecule has 0 aliphatic heterocycles. The van der Waals surface area contributed by atoms with Crippen molar-refractivity contribution in [3.63, 3.8) is 0 Å². The lowest BCUT2D eigenvalue weighted by atomic mass is 10.1. The Balaban J connectivity index is 2.45. The molecule has 0 aromatic heterocycles. The predicted octanol–water partition coefficient (Wildman–Crippen LogP) is 2.96. The topological polar surface area (TPSA) is 0 Å². The van der Waals surface area contributed by atoms with Gasteiger partial charge in [-0.2, -0.15) is 0 Å². The SMILES string of the molecule is [C-]#Cc1ccccc1C#Cc1ccccc1C#[C-]. The Hall–Kier alpha value is -2.88. The summed E-state index contributed by atoms with van der Waals surface area (Å²) in [6.45, 7) is 0. The van der Waals surface area contributed by atoms with Crippen molar-refractivity contribution in [2.75, 3.05) is 0 Å². The van der Waals surface area contributed by atoms with E-state index in [1.165, 1.54) is 0 Å². The maximum Gasteiger partial charge on any atom is -0.0414 e. The van der Waals surface area contributed by atoms with Gasteiger partial charge in [0, 0.05) is 0 Å². The average Bonchev–Trinajstić information content (AvgIpc) is 2.45. The zero-order valence-electron chi connectivity index (χ0n) is 9.62. The highest BCUT2D eigenvalue weighted by molar-refractivity contribution is 5.54. The van der Waals surface area contributed by atoms with Crippen LogP contribution in [0, 0.1) is 36.5 Å². The van der Waals surface area contributed by atoms with Gasteiger partial charge in [0.15, 0.2) is 0 Å². The van der Waals surface area contributed by atoms with Crippen molar-refractivity contribution >= 4 is 0 Å². The zero-order chi connectivity index (χ0) is 12.8. The van der Waals surface area contributed by atoms with Crippen LogP contribution in [0.5, 0.6) is 0 Å². The Labute approximate surface area is 108 Å². The first-order valence-corrected chi connectivity index (χ1v) is 5.40. The molecular formula is C18H8-2. The molecule has 0 aliphatic rings. The molecule has 0 nitrogen and oxygen atoms in total. The monoisotopic (exact) mass is 224 g/mol. The lowest BCUT2D eigenvalue weighted by molar-refractivity contribution is 1.56. The fraction of sp³-hybridized carbons (Fsp3) is 0. The summed E-state index contributed by atoms with van der Waals surface area (Å²) in [5, 5.41) is 0. The summed E-state index contributed by atoms with van der Waals surface area (Å²) in [6.07, 6.45) is 14.4. The summed E-state index contributed by atoms with van der Waals surface area (Å²) >= 11 is 0. The first kappa shape index (κ1) is 11.6. The van der Waals surface area contributed by atoms with Crippen LogP contribution >= 0.6 is 0 Å². The standard InChI is InChI=1S/C18H8/c1-3-15-9-5-7-11-17(15)13-14-18-12-8-6-10-16(18)4-2/h5-12H/q-2. The van der Waals surface area contributed by atoms with Crippen LogP contribution in [0.15, 0.2) is 48.5 Å². The van der Waals surface area contributed by atoms with Crippen LogP contribution < -0.4 is 0 Å². The second-order valence-corrected chi connectivity index (χ2v) is 3.59. The first-order chi connectivity index (χ1) is 8.85. The Morgan fingerprint density at radius 3 is 1.22 bits per heavy atom. The number of hydrogen-bond donors (Lipinski definition) is 0. The molecule has 0 fully saturated rings. The fourth-order valence-corrected chi connectivity index (χ4v) is 1.54. The van der Waals surface area contributed by atoms with E-state index in [1.807, 2.05) is 36.4 Å². The molecule has 0 heterocycles. The summed E-state index contributed by atoms with van der Waals surface area (Å²) in [5.74, 6) is 10.7. The van der Waals surface area contributed by atoms with Gasteiger partial charge in [-0.3, -0.25) is 11.8 Å². The summed E-state index contributed by atoms with van der Waals surface area (Å²) in [5.41, 5.74) is 2.85. The van der Waals surface area contributed by atoms with Crippen LogP contribution in [-0.4, -0.2) is 0 Å². The van der Waals surface area contributed by atoms with Gasteiger partial charge in [0.25, 0.3) is 0 Å². The Bertz CT molecular complexity index is 648. The minimum absolute atomic E-state index is 0.668. The number of hydrogen-bond acceptors (Lipinski definition) is 0. The molecule has 0 saturated carbocycles. The highest BCUT2D eigenvalue weighted by atomic mass is 14.0. The van der Waals surface area contributed by atoms with E-state index in [0.29, 0.717) is 11.1 Å². The van der Waals surface area contributed by atoms with Gasteiger partial charge in [-0.05, 0) is 11.1 Å². The van der Waals surface area contributed by atoms with Crippen molar-refractivity contribution in [2.24, 2.45) is 0 Å². The minimum atomic E-state index is 0.668. The third-order valence-corrected chi connectivity index (χ3v) is 2.46. The largest absolute Gasteiger partial charge is 0.366 e. The molecule has 0 N–H and O–H groups in total. The summed E-state index contributed by atoms with van der Waals surface area (Å²) in [4.78, 5) is 0. The molecule has 0 aliphatic carbocycles. The third kappa shape index (κ3) is 2.44. The molecule has 2 aromatic rings. The molecule has 0 atom stereocenters. The van der Waals surface area contributed by atoms with Gasteiger partial charge < -0.3 is 12.8 Å². The van der Waals surface area contributed by atoms with Crippen LogP contribution in [-0.2, 0) is 0 Å². The van der Waals surface area contributed by atoms with Crippen LogP contribution in [0.4, 0.5) is 0 Å². The second kappa shape index (κ2) is 5.45. The minimum Gasteiger partial charge on any atom is -0.366 e. The predicted molar refractivity (Wildman–Crippen MR) is 71.3 cm³/mol. The Morgan fingerprint density at radius 1 is 0.556 bits per heavy atom. The second-order valence-electron chi connectivity index (χ2n) is 3.59. The van der Waals surface area contributed by atoms with Crippen LogP contribution in [0.1, 0.15) is 22.3 Å². The van der Waals surface area contributed by atoms with E-state index < -0.39 is 0 Å². The van der Waals surface area contributed by atoms with Gasteiger partial charge >= 0.3 is 0 Å². The van der Waals surface area contributed by atoms with Crippen molar-refractivity contribution < 1.29 is 0 Å². The van der Waals surface area contributed by atoms with Crippen molar-refractivity contribution in [3.05, 3.63) is 83.6 Å². The van der Waals surface area contributed by atoms with Crippen LogP contribution in [0.25, 0.3) is 0 Å². The normalized spacial score (nSPS) is 8.56. The quantitative estimate of drug-likeness (QED) is 0.476. The van der Waals surface area contributed by atoms with Crippen molar-refractivity contribution in [2.45, 2.75) is 0 Å². The van der Waals surface area contributed by atoms with E-state index >= 15 is 0 Å². The van der Waals surface area contributed by atoms with Gasteiger partial charge in [0.05, 0.1) is 0 Å². The van der Waals surface area contributed by atoms with E-state index in [2.05, 4.69) is 23.7 Å². The zero-order valence-corrected chi connectivity index (χ0v) is 9.62. The molecule has 2 aromatic carbocycles.